The Hall–Kier alpha value is -3.12. The van der Waals surface area contributed by atoms with E-state index in [2.05, 4.69) is 19.2 Å². The van der Waals surface area contributed by atoms with Crippen molar-refractivity contribution in [3.05, 3.63) is 95.6 Å². The fraction of sp³-hybridized carbons (Fsp3) is 0.296. The smallest absolute Gasteiger partial charge is 0.264 e. The van der Waals surface area contributed by atoms with Crippen LogP contribution in [0.4, 0.5) is 5.69 Å². The second kappa shape index (κ2) is 10.7. The molecule has 0 radical (unpaired) electrons. The van der Waals surface area contributed by atoms with Gasteiger partial charge in [-0.1, -0.05) is 74.5 Å². The maximum atomic E-state index is 13.6. The van der Waals surface area contributed by atoms with Crippen molar-refractivity contribution >= 4 is 21.6 Å². The van der Waals surface area contributed by atoms with Crippen LogP contribution in [0.15, 0.2) is 83.8 Å². The average Bonchev–Trinajstić information content (AvgIpc) is 2.80. The van der Waals surface area contributed by atoms with Gasteiger partial charge in [-0.05, 0) is 61.1 Å². The fourth-order valence-electron chi connectivity index (χ4n) is 3.83. The summed E-state index contributed by atoms with van der Waals surface area (Å²) in [5.74, 6) is 0.0172. The van der Waals surface area contributed by atoms with Gasteiger partial charge in [-0.2, -0.15) is 0 Å². The molecule has 0 spiro atoms. The summed E-state index contributed by atoms with van der Waals surface area (Å²) < 4.78 is 28.4. The molecular weight excluding hydrogens is 432 g/mol. The number of carbonyl (C=O) groups is 1. The monoisotopic (exact) mass is 464 g/mol. The minimum Gasteiger partial charge on any atom is -0.348 e. The second-order valence-electron chi connectivity index (χ2n) is 8.70. The third-order valence-corrected chi connectivity index (χ3v) is 7.48. The topological polar surface area (TPSA) is 66.5 Å². The molecular formula is C27H32N2O3S. The number of anilines is 1. The van der Waals surface area contributed by atoms with Crippen molar-refractivity contribution in [1.82, 2.24) is 5.32 Å². The van der Waals surface area contributed by atoms with Gasteiger partial charge in [-0.15, -0.1) is 0 Å². The van der Waals surface area contributed by atoms with Crippen molar-refractivity contribution in [2.24, 2.45) is 5.92 Å². The first-order valence-corrected chi connectivity index (χ1v) is 12.6. The summed E-state index contributed by atoms with van der Waals surface area (Å²) in [7, 11) is -3.94. The normalized spacial score (nSPS) is 12.4. The molecule has 0 aliphatic heterocycles. The Morgan fingerprint density at radius 3 is 2.09 bits per heavy atom. The summed E-state index contributed by atoms with van der Waals surface area (Å²) in [6.07, 6.45) is 0.755. The van der Waals surface area contributed by atoms with E-state index < -0.39 is 10.0 Å². The van der Waals surface area contributed by atoms with Crippen LogP contribution in [0.25, 0.3) is 0 Å². The molecule has 0 fully saturated rings. The van der Waals surface area contributed by atoms with E-state index in [4.69, 9.17) is 0 Å². The van der Waals surface area contributed by atoms with Gasteiger partial charge < -0.3 is 5.32 Å². The lowest BCUT2D eigenvalue weighted by molar-refractivity contribution is -0.120. The number of nitrogens with zero attached hydrogens (tertiary/aromatic N) is 1. The SMILES string of the molecule is Cc1cccc(N(CC(=O)N[C@@H](CC(C)C)c2ccccc2)S(=O)(=O)c2ccccc2)c1C. The Morgan fingerprint density at radius 1 is 0.879 bits per heavy atom. The van der Waals surface area contributed by atoms with Gasteiger partial charge in [0.1, 0.15) is 6.54 Å². The van der Waals surface area contributed by atoms with E-state index in [9.17, 15) is 13.2 Å². The Balaban J connectivity index is 1.96. The van der Waals surface area contributed by atoms with Gasteiger partial charge in [-0.25, -0.2) is 8.42 Å². The molecule has 0 bridgehead atoms. The zero-order valence-corrected chi connectivity index (χ0v) is 20.5. The minimum absolute atomic E-state index is 0.153. The molecule has 0 aliphatic carbocycles. The van der Waals surface area contributed by atoms with Crippen LogP contribution < -0.4 is 9.62 Å². The summed E-state index contributed by atoms with van der Waals surface area (Å²) in [4.78, 5) is 13.4. The Kier molecular flexibility index (Phi) is 7.92. The number of carbonyl (C=O) groups excluding carboxylic acids is 1. The van der Waals surface area contributed by atoms with Crippen LogP contribution in [0.2, 0.25) is 0 Å². The van der Waals surface area contributed by atoms with Crippen LogP contribution in [0.1, 0.15) is 43.0 Å². The van der Waals surface area contributed by atoms with E-state index in [0.29, 0.717) is 11.6 Å². The minimum atomic E-state index is -3.94. The number of benzene rings is 3. The molecule has 0 aliphatic rings. The first-order valence-electron chi connectivity index (χ1n) is 11.2. The predicted octanol–water partition coefficient (Wildman–Crippen LogP) is 5.40. The molecule has 174 valence electrons. The lowest BCUT2D eigenvalue weighted by atomic mass is 9.97. The highest BCUT2D eigenvalue weighted by Gasteiger charge is 2.29. The maximum Gasteiger partial charge on any atom is 0.264 e. The molecule has 1 N–H and O–H groups in total. The van der Waals surface area contributed by atoms with Gasteiger partial charge in [-0.3, -0.25) is 9.10 Å². The van der Waals surface area contributed by atoms with E-state index in [1.54, 1.807) is 36.4 Å². The molecule has 3 aromatic carbocycles. The highest BCUT2D eigenvalue weighted by molar-refractivity contribution is 7.92. The Bertz CT molecular complexity index is 1180. The second-order valence-corrected chi connectivity index (χ2v) is 10.6. The van der Waals surface area contributed by atoms with Gasteiger partial charge >= 0.3 is 0 Å². The number of amides is 1. The highest BCUT2D eigenvalue weighted by Crippen LogP contribution is 2.29. The lowest BCUT2D eigenvalue weighted by Gasteiger charge is -2.28. The first kappa shape index (κ1) is 24.5. The van der Waals surface area contributed by atoms with Crippen LogP contribution in [-0.2, 0) is 14.8 Å². The van der Waals surface area contributed by atoms with Crippen LogP contribution in [0.5, 0.6) is 0 Å². The fourth-order valence-corrected chi connectivity index (χ4v) is 5.33. The van der Waals surface area contributed by atoms with Crippen molar-refractivity contribution in [2.45, 2.75) is 45.1 Å². The van der Waals surface area contributed by atoms with E-state index >= 15 is 0 Å². The van der Waals surface area contributed by atoms with Gasteiger partial charge in [0.15, 0.2) is 0 Å². The molecule has 5 nitrogen and oxygen atoms in total. The molecule has 0 unspecified atom stereocenters. The maximum absolute atomic E-state index is 13.6. The molecule has 0 aromatic heterocycles. The number of hydrogen-bond donors (Lipinski definition) is 1. The molecule has 0 saturated heterocycles. The van der Waals surface area contributed by atoms with Crippen molar-refractivity contribution in [3.8, 4) is 0 Å². The predicted molar refractivity (Wildman–Crippen MR) is 134 cm³/mol. The number of aryl methyl sites for hydroxylation is 1. The molecule has 3 aromatic rings. The van der Waals surface area contributed by atoms with E-state index in [1.165, 1.54) is 4.31 Å². The van der Waals surface area contributed by atoms with Crippen LogP contribution in [0, 0.1) is 19.8 Å². The summed E-state index contributed by atoms with van der Waals surface area (Å²) in [5.41, 5.74) is 3.30. The van der Waals surface area contributed by atoms with Gasteiger partial charge in [0.2, 0.25) is 5.91 Å². The zero-order chi connectivity index (χ0) is 24.0. The summed E-state index contributed by atoms with van der Waals surface area (Å²) in [5, 5.41) is 3.08. The van der Waals surface area contributed by atoms with E-state index in [0.717, 1.165) is 23.1 Å². The highest BCUT2D eigenvalue weighted by atomic mass is 32.2. The van der Waals surface area contributed by atoms with Crippen molar-refractivity contribution in [1.29, 1.82) is 0 Å². The summed E-state index contributed by atoms with van der Waals surface area (Å²) >= 11 is 0. The largest absolute Gasteiger partial charge is 0.348 e. The van der Waals surface area contributed by atoms with Crippen LogP contribution >= 0.6 is 0 Å². The molecule has 1 atom stereocenters. The van der Waals surface area contributed by atoms with Crippen molar-refractivity contribution < 1.29 is 13.2 Å². The van der Waals surface area contributed by atoms with Crippen molar-refractivity contribution in [3.63, 3.8) is 0 Å². The van der Waals surface area contributed by atoms with Crippen LogP contribution in [-0.4, -0.2) is 20.9 Å². The standard InChI is InChI=1S/C27H32N2O3S/c1-20(2)18-25(23-13-7-5-8-14-23)28-27(30)19-29(26-17-11-12-21(3)22(26)4)33(31,32)24-15-9-6-10-16-24/h5-17,20,25H,18-19H2,1-4H3,(H,28,30)/t25-/m0/s1. The molecule has 0 saturated carbocycles. The lowest BCUT2D eigenvalue weighted by Crippen LogP contribution is -2.42. The summed E-state index contributed by atoms with van der Waals surface area (Å²) in [6, 6.07) is 23.3. The van der Waals surface area contributed by atoms with Gasteiger partial charge in [0.25, 0.3) is 10.0 Å². The molecule has 0 heterocycles. The quantitative estimate of drug-likeness (QED) is 0.461. The Labute approximate surface area is 197 Å². The van der Waals surface area contributed by atoms with Gasteiger partial charge in [0, 0.05) is 0 Å². The number of nitrogens with one attached hydrogen (secondary N) is 1. The zero-order valence-electron chi connectivity index (χ0n) is 19.7. The third-order valence-electron chi connectivity index (χ3n) is 5.71. The Morgan fingerprint density at radius 2 is 1.48 bits per heavy atom. The van der Waals surface area contributed by atoms with Gasteiger partial charge in [0.05, 0.1) is 16.6 Å². The average molecular weight is 465 g/mol. The number of sulfonamides is 1. The van der Waals surface area contributed by atoms with Crippen molar-refractivity contribution in [2.75, 3.05) is 10.8 Å². The molecule has 33 heavy (non-hydrogen) atoms. The summed E-state index contributed by atoms with van der Waals surface area (Å²) in [6.45, 7) is 7.71. The van der Waals surface area contributed by atoms with Crippen LogP contribution in [0.3, 0.4) is 0 Å². The number of rotatable bonds is 9. The van der Waals surface area contributed by atoms with E-state index in [1.807, 2.05) is 56.3 Å². The molecule has 3 rings (SSSR count). The molecule has 1 amide bonds. The molecule has 6 heteroatoms. The van der Waals surface area contributed by atoms with E-state index in [-0.39, 0.29) is 23.4 Å². The first-order chi connectivity index (χ1) is 15.7. The third kappa shape index (κ3) is 6.02. The number of hydrogen-bond acceptors (Lipinski definition) is 3.